The van der Waals surface area contributed by atoms with Crippen LogP contribution < -0.4 is 10.2 Å². The molecule has 0 bridgehead atoms. The predicted molar refractivity (Wildman–Crippen MR) is 90.5 cm³/mol. The first kappa shape index (κ1) is 15.8. The van der Waals surface area contributed by atoms with Crippen LogP contribution in [0.1, 0.15) is 25.8 Å². The van der Waals surface area contributed by atoms with Crippen molar-refractivity contribution < 1.29 is 0 Å². The maximum atomic E-state index is 3.70. The smallest absolute Gasteiger partial charge is 0.0378 e. The molecule has 0 aliphatic carbocycles. The summed E-state index contributed by atoms with van der Waals surface area (Å²) < 4.78 is 1.21. The maximum absolute atomic E-state index is 3.70. The summed E-state index contributed by atoms with van der Waals surface area (Å²) in [4.78, 5) is 5.05. The van der Waals surface area contributed by atoms with Gasteiger partial charge < -0.3 is 10.2 Å². The second kappa shape index (κ2) is 8.01. The molecule has 1 saturated heterocycles. The molecule has 1 aliphatic rings. The molecule has 0 atom stereocenters. The highest BCUT2D eigenvalue weighted by molar-refractivity contribution is 9.10. The first-order valence-electron chi connectivity index (χ1n) is 7.71. The van der Waals surface area contributed by atoms with Crippen molar-refractivity contribution in [3.63, 3.8) is 0 Å². The van der Waals surface area contributed by atoms with Gasteiger partial charge in [-0.15, -0.1) is 0 Å². The summed E-state index contributed by atoms with van der Waals surface area (Å²) in [5.74, 6) is 0. The van der Waals surface area contributed by atoms with Crippen LogP contribution in [0.25, 0.3) is 0 Å². The van der Waals surface area contributed by atoms with Crippen molar-refractivity contribution in [3.8, 4) is 0 Å². The number of nitrogens with zero attached hydrogens (tertiary/aromatic N) is 2. The van der Waals surface area contributed by atoms with Crippen LogP contribution >= 0.6 is 15.9 Å². The lowest BCUT2D eigenvalue weighted by molar-refractivity contribution is 0.258. The Kier molecular flexibility index (Phi) is 6.33. The fourth-order valence-electron chi connectivity index (χ4n) is 2.68. The molecule has 4 heteroatoms. The third-order valence-corrected chi connectivity index (χ3v) is 4.62. The number of anilines is 1. The van der Waals surface area contributed by atoms with Crippen LogP contribution in [-0.4, -0.2) is 44.2 Å². The zero-order valence-electron chi connectivity index (χ0n) is 12.7. The topological polar surface area (TPSA) is 18.5 Å². The summed E-state index contributed by atoms with van der Waals surface area (Å²) in [6.07, 6.45) is 1.25. The molecule has 3 nitrogen and oxygen atoms in total. The second-order valence-corrected chi connectivity index (χ2v) is 6.24. The van der Waals surface area contributed by atoms with Gasteiger partial charge in [0.1, 0.15) is 0 Å². The standard InChI is InChI=1S/C16H26BrN3/c1-3-7-19-8-10-20(11-9-19)15-6-5-14(13-18-4-2)16(17)12-15/h5-6,12,18H,3-4,7-11,13H2,1-2H3. The van der Waals surface area contributed by atoms with E-state index in [4.69, 9.17) is 0 Å². The maximum Gasteiger partial charge on any atom is 0.0378 e. The van der Waals surface area contributed by atoms with E-state index in [2.05, 4.69) is 63.1 Å². The quantitative estimate of drug-likeness (QED) is 0.859. The third-order valence-electron chi connectivity index (χ3n) is 3.88. The number of halogens is 1. The molecule has 0 amide bonds. The molecule has 0 saturated carbocycles. The number of hydrogen-bond acceptors (Lipinski definition) is 3. The zero-order chi connectivity index (χ0) is 14.4. The Hall–Kier alpha value is -0.580. The molecule has 1 aromatic carbocycles. The summed E-state index contributed by atoms with van der Waals surface area (Å²) >= 11 is 3.70. The van der Waals surface area contributed by atoms with E-state index in [-0.39, 0.29) is 0 Å². The highest BCUT2D eigenvalue weighted by Crippen LogP contribution is 2.25. The van der Waals surface area contributed by atoms with Crippen molar-refractivity contribution in [1.29, 1.82) is 0 Å². The molecule has 112 valence electrons. The Morgan fingerprint density at radius 3 is 2.50 bits per heavy atom. The molecule has 0 spiro atoms. The molecule has 20 heavy (non-hydrogen) atoms. The first-order valence-corrected chi connectivity index (χ1v) is 8.50. The number of rotatable bonds is 6. The summed E-state index contributed by atoms with van der Waals surface area (Å²) in [6, 6.07) is 6.76. The lowest BCUT2D eigenvalue weighted by Crippen LogP contribution is -2.46. The number of benzene rings is 1. The highest BCUT2D eigenvalue weighted by atomic mass is 79.9. The van der Waals surface area contributed by atoms with Crippen LogP contribution in [0, 0.1) is 0 Å². The molecule has 0 aromatic heterocycles. The summed E-state index contributed by atoms with van der Waals surface area (Å²) in [5.41, 5.74) is 2.67. The van der Waals surface area contributed by atoms with Crippen molar-refractivity contribution >= 4 is 21.6 Å². The molecule has 1 aromatic rings. The molecule has 1 aliphatic heterocycles. The number of nitrogens with one attached hydrogen (secondary N) is 1. The van der Waals surface area contributed by atoms with Crippen molar-refractivity contribution in [2.75, 3.05) is 44.2 Å². The zero-order valence-corrected chi connectivity index (χ0v) is 14.2. The van der Waals surface area contributed by atoms with Crippen LogP contribution in [-0.2, 0) is 6.54 Å². The first-order chi connectivity index (χ1) is 9.74. The Labute approximate surface area is 131 Å². The molecule has 0 unspecified atom stereocenters. The van der Waals surface area contributed by atoms with Crippen molar-refractivity contribution in [3.05, 3.63) is 28.2 Å². The predicted octanol–water partition coefficient (Wildman–Crippen LogP) is 3.09. The molecule has 1 fully saturated rings. The van der Waals surface area contributed by atoms with Gasteiger partial charge in [0.2, 0.25) is 0 Å². The Morgan fingerprint density at radius 1 is 1.15 bits per heavy atom. The minimum Gasteiger partial charge on any atom is -0.369 e. The van der Waals surface area contributed by atoms with Gasteiger partial charge in [-0.1, -0.05) is 35.8 Å². The van der Waals surface area contributed by atoms with Crippen LogP contribution in [0.2, 0.25) is 0 Å². The third kappa shape index (κ3) is 4.21. The summed E-state index contributed by atoms with van der Waals surface area (Å²) in [7, 11) is 0. The highest BCUT2D eigenvalue weighted by Gasteiger charge is 2.16. The van der Waals surface area contributed by atoms with Gasteiger partial charge in [-0.2, -0.15) is 0 Å². The van der Waals surface area contributed by atoms with E-state index in [1.54, 1.807) is 0 Å². The van der Waals surface area contributed by atoms with Gasteiger partial charge in [-0.3, -0.25) is 4.90 Å². The van der Waals surface area contributed by atoms with Gasteiger partial charge in [-0.05, 0) is 37.2 Å². The Balaban J connectivity index is 1.95. The monoisotopic (exact) mass is 339 g/mol. The summed E-state index contributed by atoms with van der Waals surface area (Å²) in [5, 5.41) is 3.37. The van der Waals surface area contributed by atoms with Crippen LogP contribution in [0.4, 0.5) is 5.69 Å². The van der Waals surface area contributed by atoms with Crippen LogP contribution in [0.5, 0.6) is 0 Å². The number of hydrogen-bond donors (Lipinski definition) is 1. The molecule has 1 N–H and O–H groups in total. The Morgan fingerprint density at radius 2 is 1.90 bits per heavy atom. The molecular weight excluding hydrogens is 314 g/mol. The van der Waals surface area contributed by atoms with Gasteiger partial charge in [0.05, 0.1) is 0 Å². The fourth-order valence-corrected chi connectivity index (χ4v) is 3.19. The SMILES string of the molecule is CCCN1CCN(c2ccc(CNCC)c(Br)c2)CC1. The van der Waals surface area contributed by atoms with E-state index in [1.165, 1.54) is 41.8 Å². The lowest BCUT2D eigenvalue weighted by Gasteiger charge is -2.36. The van der Waals surface area contributed by atoms with E-state index in [1.807, 2.05) is 0 Å². The fraction of sp³-hybridized carbons (Fsp3) is 0.625. The average molecular weight is 340 g/mol. The summed E-state index contributed by atoms with van der Waals surface area (Å²) in [6.45, 7) is 12.2. The number of piperazine rings is 1. The van der Waals surface area contributed by atoms with E-state index < -0.39 is 0 Å². The minimum atomic E-state index is 0.932. The normalized spacial score (nSPS) is 16.6. The van der Waals surface area contributed by atoms with Crippen LogP contribution in [0.15, 0.2) is 22.7 Å². The van der Waals surface area contributed by atoms with Crippen molar-refractivity contribution in [2.45, 2.75) is 26.8 Å². The average Bonchev–Trinajstić information content (AvgIpc) is 2.47. The van der Waals surface area contributed by atoms with Crippen LogP contribution in [0.3, 0.4) is 0 Å². The van der Waals surface area contributed by atoms with E-state index in [0.717, 1.165) is 26.2 Å². The molecule has 0 radical (unpaired) electrons. The van der Waals surface area contributed by atoms with Gasteiger partial charge in [0.25, 0.3) is 0 Å². The van der Waals surface area contributed by atoms with Crippen molar-refractivity contribution in [2.24, 2.45) is 0 Å². The largest absolute Gasteiger partial charge is 0.369 e. The minimum absolute atomic E-state index is 0.932. The van der Waals surface area contributed by atoms with Gasteiger partial charge in [0.15, 0.2) is 0 Å². The van der Waals surface area contributed by atoms with E-state index in [0.29, 0.717) is 0 Å². The van der Waals surface area contributed by atoms with Gasteiger partial charge in [0, 0.05) is 42.9 Å². The Bertz CT molecular complexity index is 414. The lowest BCUT2D eigenvalue weighted by atomic mass is 10.1. The molecule has 2 rings (SSSR count). The molecular formula is C16H26BrN3. The van der Waals surface area contributed by atoms with E-state index in [9.17, 15) is 0 Å². The second-order valence-electron chi connectivity index (χ2n) is 5.38. The van der Waals surface area contributed by atoms with Gasteiger partial charge in [-0.25, -0.2) is 0 Å². The van der Waals surface area contributed by atoms with E-state index >= 15 is 0 Å². The molecule has 1 heterocycles. The van der Waals surface area contributed by atoms with Crippen molar-refractivity contribution in [1.82, 2.24) is 10.2 Å². The van der Waals surface area contributed by atoms with Gasteiger partial charge >= 0.3 is 0 Å².